The molecule has 0 aliphatic rings. The number of rotatable bonds is 4. The molecule has 3 aromatic rings. The van der Waals surface area contributed by atoms with E-state index < -0.39 is 5.82 Å². The van der Waals surface area contributed by atoms with Gasteiger partial charge in [0.25, 0.3) is 0 Å². The fourth-order valence-corrected chi connectivity index (χ4v) is 2.15. The lowest BCUT2D eigenvalue weighted by Gasteiger charge is -2.10. The van der Waals surface area contributed by atoms with Crippen molar-refractivity contribution in [2.45, 2.75) is 6.92 Å². The highest BCUT2D eigenvalue weighted by Gasteiger charge is 2.14. The van der Waals surface area contributed by atoms with Gasteiger partial charge in [-0.2, -0.15) is 9.97 Å². The minimum absolute atomic E-state index is 0.0475. The van der Waals surface area contributed by atoms with Gasteiger partial charge in [0.2, 0.25) is 11.8 Å². The second kappa shape index (κ2) is 5.99. The van der Waals surface area contributed by atoms with Gasteiger partial charge in [-0.25, -0.2) is 14.4 Å². The maximum atomic E-state index is 13.6. The van der Waals surface area contributed by atoms with Crippen molar-refractivity contribution in [3.63, 3.8) is 0 Å². The van der Waals surface area contributed by atoms with Crippen molar-refractivity contribution in [3.8, 4) is 22.9 Å². The third kappa shape index (κ3) is 2.83. The minimum atomic E-state index is -0.402. The lowest BCUT2D eigenvalue weighted by Crippen LogP contribution is -2.04. The first-order valence-corrected chi connectivity index (χ1v) is 6.89. The summed E-state index contributed by atoms with van der Waals surface area (Å²) in [5.74, 6) is 0.363. The van der Waals surface area contributed by atoms with Crippen LogP contribution < -0.4 is 15.2 Å². The monoisotopic (exact) mass is 315 g/mol. The lowest BCUT2D eigenvalue weighted by atomic mass is 10.1. The molecule has 0 atom stereocenters. The number of nitrogens with zero attached hydrogens (tertiary/aromatic N) is 4. The Morgan fingerprint density at radius 2 is 2.04 bits per heavy atom. The quantitative estimate of drug-likeness (QED) is 0.788. The van der Waals surface area contributed by atoms with Gasteiger partial charge in [0.15, 0.2) is 11.2 Å². The summed E-state index contributed by atoms with van der Waals surface area (Å²) in [6.45, 7) is 2.21. The molecule has 0 saturated heterocycles. The molecule has 2 aromatic heterocycles. The van der Waals surface area contributed by atoms with Crippen molar-refractivity contribution >= 4 is 17.1 Å². The zero-order chi connectivity index (χ0) is 16.4. The van der Waals surface area contributed by atoms with E-state index in [1.807, 2.05) is 6.92 Å². The van der Waals surface area contributed by atoms with E-state index in [4.69, 9.17) is 15.2 Å². The van der Waals surface area contributed by atoms with Crippen LogP contribution in [-0.2, 0) is 0 Å². The Hall–Kier alpha value is -3.03. The van der Waals surface area contributed by atoms with Gasteiger partial charge in [0, 0.05) is 5.56 Å². The number of fused-ring (bicyclic) bond motifs is 1. The van der Waals surface area contributed by atoms with Crippen LogP contribution in [0.4, 0.5) is 10.3 Å². The van der Waals surface area contributed by atoms with Crippen molar-refractivity contribution in [1.82, 2.24) is 19.9 Å². The zero-order valence-electron chi connectivity index (χ0n) is 12.6. The highest BCUT2D eigenvalue weighted by atomic mass is 19.1. The molecule has 23 heavy (non-hydrogen) atoms. The lowest BCUT2D eigenvalue weighted by molar-refractivity contribution is 0.330. The third-order valence-electron chi connectivity index (χ3n) is 3.11. The van der Waals surface area contributed by atoms with Gasteiger partial charge >= 0.3 is 0 Å². The summed E-state index contributed by atoms with van der Waals surface area (Å²) in [7, 11) is 1.50. The average Bonchev–Trinajstić information content (AvgIpc) is 2.54. The number of ether oxygens (including phenoxy) is 2. The van der Waals surface area contributed by atoms with Crippen LogP contribution in [0.25, 0.3) is 22.4 Å². The number of methoxy groups -OCH3 is 1. The molecule has 7 nitrogen and oxygen atoms in total. The molecule has 0 fully saturated rings. The third-order valence-corrected chi connectivity index (χ3v) is 3.11. The van der Waals surface area contributed by atoms with Crippen molar-refractivity contribution in [3.05, 3.63) is 30.2 Å². The second-order valence-electron chi connectivity index (χ2n) is 4.59. The molecule has 2 heterocycles. The number of hydrogen-bond acceptors (Lipinski definition) is 7. The predicted molar refractivity (Wildman–Crippen MR) is 82.7 cm³/mol. The SMILES string of the molecule is CCOc1nc(N)nc2ncc(-c3cc(F)ccc3OC)nc12. The van der Waals surface area contributed by atoms with E-state index in [0.717, 1.165) is 0 Å². The van der Waals surface area contributed by atoms with Crippen molar-refractivity contribution in [2.24, 2.45) is 0 Å². The van der Waals surface area contributed by atoms with E-state index in [-0.39, 0.29) is 11.8 Å². The zero-order valence-corrected chi connectivity index (χ0v) is 12.6. The largest absolute Gasteiger partial charge is 0.496 e. The molecular formula is C15H14FN5O2. The van der Waals surface area contributed by atoms with Gasteiger partial charge in [0.05, 0.1) is 25.6 Å². The molecule has 1 aromatic carbocycles. The van der Waals surface area contributed by atoms with Crippen LogP contribution in [0.2, 0.25) is 0 Å². The van der Waals surface area contributed by atoms with E-state index in [1.165, 1.54) is 31.5 Å². The molecule has 0 aliphatic carbocycles. The van der Waals surface area contributed by atoms with E-state index in [2.05, 4.69) is 19.9 Å². The summed E-state index contributed by atoms with van der Waals surface area (Å²) >= 11 is 0. The summed E-state index contributed by atoms with van der Waals surface area (Å²) < 4.78 is 24.2. The van der Waals surface area contributed by atoms with Crippen molar-refractivity contribution in [1.29, 1.82) is 0 Å². The molecule has 0 saturated carbocycles. The molecule has 2 N–H and O–H groups in total. The molecule has 3 rings (SSSR count). The molecular weight excluding hydrogens is 301 g/mol. The van der Waals surface area contributed by atoms with E-state index in [9.17, 15) is 4.39 Å². The van der Waals surface area contributed by atoms with Crippen LogP contribution in [0.15, 0.2) is 24.4 Å². The Morgan fingerprint density at radius 3 is 2.78 bits per heavy atom. The number of anilines is 1. The molecule has 0 spiro atoms. The first-order chi connectivity index (χ1) is 11.1. The Kier molecular flexibility index (Phi) is 3.88. The highest BCUT2D eigenvalue weighted by Crippen LogP contribution is 2.31. The summed E-state index contributed by atoms with van der Waals surface area (Å²) in [6.07, 6.45) is 1.47. The summed E-state index contributed by atoms with van der Waals surface area (Å²) in [6, 6.07) is 4.17. The number of aromatic nitrogens is 4. The fourth-order valence-electron chi connectivity index (χ4n) is 2.15. The highest BCUT2D eigenvalue weighted by molar-refractivity contribution is 5.80. The predicted octanol–water partition coefficient (Wildman–Crippen LogP) is 2.22. The molecule has 118 valence electrons. The minimum Gasteiger partial charge on any atom is -0.496 e. The van der Waals surface area contributed by atoms with E-state index >= 15 is 0 Å². The van der Waals surface area contributed by atoms with Crippen LogP contribution in [0, 0.1) is 5.82 Å². The van der Waals surface area contributed by atoms with Crippen LogP contribution in [0.5, 0.6) is 11.6 Å². The number of nitrogens with two attached hydrogens (primary N) is 1. The summed E-state index contributed by atoms with van der Waals surface area (Å²) in [5.41, 5.74) is 7.18. The van der Waals surface area contributed by atoms with Crippen LogP contribution >= 0.6 is 0 Å². The topological polar surface area (TPSA) is 96.0 Å². The van der Waals surface area contributed by atoms with Crippen molar-refractivity contribution in [2.75, 3.05) is 19.5 Å². The molecule has 0 radical (unpaired) electrons. The van der Waals surface area contributed by atoms with Crippen molar-refractivity contribution < 1.29 is 13.9 Å². The Balaban J connectivity index is 2.22. The maximum absolute atomic E-state index is 13.6. The normalized spacial score (nSPS) is 10.7. The number of hydrogen-bond donors (Lipinski definition) is 1. The van der Waals surface area contributed by atoms with Gasteiger partial charge in [-0.05, 0) is 25.1 Å². The Morgan fingerprint density at radius 1 is 1.22 bits per heavy atom. The maximum Gasteiger partial charge on any atom is 0.247 e. The molecule has 0 unspecified atom stereocenters. The van der Waals surface area contributed by atoms with Gasteiger partial charge < -0.3 is 15.2 Å². The summed E-state index contributed by atoms with van der Waals surface area (Å²) in [5, 5.41) is 0. The molecule has 0 amide bonds. The fraction of sp³-hybridized carbons (Fsp3) is 0.200. The number of nitrogen functional groups attached to an aromatic ring is 1. The molecule has 0 aliphatic heterocycles. The smallest absolute Gasteiger partial charge is 0.247 e. The van der Waals surface area contributed by atoms with Gasteiger partial charge in [-0.15, -0.1) is 0 Å². The molecule has 8 heteroatoms. The van der Waals surface area contributed by atoms with E-state index in [1.54, 1.807) is 0 Å². The van der Waals surface area contributed by atoms with E-state index in [0.29, 0.717) is 34.8 Å². The van der Waals surface area contributed by atoms with Crippen LogP contribution in [0.3, 0.4) is 0 Å². The first-order valence-electron chi connectivity index (χ1n) is 6.89. The molecule has 0 bridgehead atoms. The number of halogens is 1. The standard InChI is InChI=1S/C15H14FN5O2/c1-3-23-14-12-13(20-15(17)21-14)18-7-10(19-12)9-6-8(16)4-5-11(9)22-2/h4-7H,3H2,1-2H3,(H2,17,18,20,21). The summed E-state index contributed by atoms with van der Waals surface area (Å²) in [4.78, 5) is 16.7. The van der Waals surface area contributed by atoms with Crippen LogP contribution in [0.1, 0.15) is 6.92 Å². The van der Waals surface area contributed by atoms with Gasteiger partial charge in [-0.1, -0.05) is 0 Å². The van der Waals surface area contributed by atoms with Gasteiger partial charge in [0.1, 0.15) is 11.6 Å². The second-order valence-corrected chi connectivity index (χ2v) is 4.59. The first kappa shape index (κ1) is 14.9. The Labute approximate surface area is 131 Å². The van der Waals surface area contributed by atoms with Gasteiger partial charge in [-0.3, -0.25) is 0 Å². The average molecular weight is 315 g/mol. The Bertz CT molecular complexity index is 872. The number of benzene rings is 1. The van der Waals surface area contributed by atoms with Crippen LogP contribution in [-0.4, -0.2) is 33.7 Å².